The Bertz CT molecular complexity index is 930. The number of nitrogens with one attached hydrogen (secondary N) is 1. The van der Waals surface area contributed by atoms with Gasteiger partial charge in [0.15, 0.2) is 0 Å². The fraction of sp³-hybridized carbons (Fsp3) is 0.273. The molecule has 1 amide bonds. The van der Waals surface area contributed by atoms with Crippen LogP contribution in [0.5, 0.6) is 5.75 Å². The molecule has 1 aliphatic carbocycles. The Hall–Kier alpha value is -2.65. The lowest BCUT2D eigenvalue weighted by molar-refractivity contribution is -0.117. The molecule has 28 heavy (non-hydrogen) atoms. The predicted octanol–water partition coefficient (Wildman–Crippen LogP) is 5.13. The maximum absolute atomic E-state index is 13.7. The number of halogens is 2. The Labute approximate surface area is 172 Å². The molecule has 1 aliphatic rings. The highest BCUT2D eigenvalue weighted by Crippen LogP contribution is 2.28. The van der Waals surface area contributed by atoms with Crippen molar-refractivity contribution >= 4 is 27.9 Å². The number of benzene rings is 2. The molecule has 0 atom stereocenters. The summed E-state index contributed by atoms with van der Waals surface area (Å²) in [6, 6.07) is 13.8. The lowest BCUT2D eigenvalue weighted by Gasteiger charge is -2.11. The number of ether oxygens (including phenoxy) is 1. The van der Waals surface area contributed by atoms with Gasteiger partial charge >= 0.3 is 0 Å². The van der Waals surface area contributed by atoms with Crippen LogP contribution in [-0.2, 0) is 11.4 Å². The Morgan fingerprint density at radius 2 is 2.04 bits per heavy atom. The van der Waals surface area contributed by atoms with E-state index in [9.17, 15) is 14.4 Å². The van der Waals surface area contributed by atoms with E-state index in [1.807, 2.05) is 6.07 Å². The van der Waals surface area contributed by atoms with Crippen molar-refractivity contribution in [3.63, 3.8) is 0 Å². The number of hydrogen-bond donors (Lipinski definition) is 1. The van der Waals surface area contributed by atoms with E-state index in [4.69, 9.17) is 4.74 Å². The molecule has 2 aromatic carbocycles. The molecule has 1 fully saturated rings. The first-order valence-corrected chi connectivity index (χ1v) is 9.94. The fourth-order valence-electron chi connectivity index (χ4n) is 3.14. The zero-order valence-corrected chi connectivity index (χ0v) is 16.8. The summed E-state index contributed by atoms with van der Waals surface area (Å²) in [6.45, 7) is 0.105. The SMILES string of the molecule is N#C/C(=C/c1ccc(OCc2ccccc2F)c(Br)c1)C(=O)NC1CCCC1. The molecule has 1 N–H and O–H groups in total. The van der Waals surface area contributed by atoms with Crippen LogP contribution in [0.2, 0.25) is 0 Å². The molecular formula is C22H20BrFN2O2. The number of nitriles is 1. The second kappa shape index (κ2) is 9.52. The summed E-state index contributed by atoms with van der Waals surface area (Å²) in [5.41, 5.74) is 1.23. The van der Waals surface area contributed by atoms with Crippen molar-refractivity contribution in [1.29, 1.82) is 5.26 Å². The topological polar surface area (TPSA) is 62.1 Å². The smallest absolute Gasteiger partial charge is 0.262 e. The normalized spacial score (nSPS) is 14.5. The molecule has 0 heterocycles. The van der Waals surface area contributed by atoms with Crippen LogP contribution in [0.25, 0.3) is 6.08 Å². The third-order valence-corrected chi connectivity index (χ3v) is 5.28. The predicted molar refractivity (Wildman–Crippen MR) is 109 cm³/mol. The molecule has 0 saturated heterocycles. The van der Waals surface area contributed by atoms with Gasteiger partial charge in [-0.15, -0.1) is 0 Å². The van der Waals surface area contributed by atoms with Crippen LogP contribution in [-0.4, -0.2) is 11.9 Å². The second-order valence-electron chi connectivity index (χ2n) is 6.69. The van der Waals surface area contributed by atoms with E-state index >= 15 is 0 Å². The molecule has 3 rings (SSSR count). The first-order valence-electron chi connectivity index (χ1n) is 9.15. The molecular weight excluding hydrogens is 423 g/mol. The van der Waals surface area contributed by atoms with Crippen LogP contribution in [0.4, 0.5) is 4.39 Å². The minimum absolute atomic E-state index is 0.0684. The summed E-state index contributed by atoms with van der Waals surface area (Å²) in [6.07, 6.45) is 5.69. The highest BCUT2D eigenvalue weighted by Gasteiger charge is 2.19. The first kappa shape index (κ1) is 20.1. The Kier molecular flexibility index (Phi) is 6.83. The summed E-state index contributed by atoms with van der Waals surface area (Å²) in [4.78, 5) is 12.3. The summed E-state index contributed by atoms with van der Waals surface area (Å²) in [5, 5.41) is 12.3. The molecule has 2 aromatic rings. The highest BCUT2D eigenvalue weighted by atomic mass is 79.9. The Balaban J connectivity index is 1.68. The van der Waals surface area contributed by atoms with E-state index in [0.29, 0.717) is 21.3 Å². The number of carbonyl (C=O) groups is 1. The van der Waals surface area contributed by atoms with E-state index in [2.05, 4.69) is 21.2 Å². The molecule has 0 spiro atoms. The third-order valence-electron chi connectivity index (χ3n) is 4.66. The molecule has 144 valence electrons. The molecule has 0 bridgehead atoms. The fourth-order valence-corrected chi connectivity index (χ4v) is 3.65. The van der Waals surface area contributed by atoms with Crippen molar-refractivity contribution < 1.29 is 13.9 Å². The van der Waals surface area contributed by atoms with Crippen LogP contribution in [0.15, 0.2) is 52.5 Å². The van der Waals surface area contributed by atoms with Crippen molar-refractivity contribution in [3.8, 4) is 11.8 Å². The van der Waals surface area contributed by atoms with Crippen LogP contribution >= 0.6 is 15.9 Å². The number of nitrogens with zero attached hydrogens (tertiary/aromatic N) is 1. The minimum atomic E-state index is -0.342. The van der Waals surface area contributed by atoms with Gasteiger partial charge in [0.1, 0.15) is 29.8 Å². The van der Waals surface area contributed by atoms with Crippen LogP contribution < -0.4 is 10.1 Å². The largest absolute Gasteiger partial charge is 0.488 e. The van der Waals surface area contributed by atoms with Crippen molar-refractivity contribution in [1.82, 2.24) is 5.32 Å². The number of carbonyl (C=O) groups excluding carboxylic acids is 1. The van der Waals surface area contributed by atoms with Gasteiger partial charge in [0.2, 0.25) is 0 Å². The van der Waals surface area contributed by atoms with Crippen molar-refractivity contribution in [2.24, 2.45) is 0 Å². The summed E-state index contributed by atoms with van der Waals surface area (Å²) in [5.74, 6) is -0.107. The van der Waals surface area contributed by atoms with E-state index in [1.54, 1.807) is 42.5 Å². The molecule has 0 unspecified atom stereocenters. The van der Waals surface area contributed by atoms with Gasteiger partial charge in [-0.1, -0.05) is 37.1 Å². The van der Waals surface area contributed by atoms with E-state index in [-0.39, 0.29) is 29.9 Å². The average molecular weight is 443 g/mol. The van der Waals surface area contributed by atoms with Gasteiger partial charge in [0.05, 0.1) is 4.47 Å². The van der Waals surface area contributed by atoms with Gasteiger partial charge in [-0.3, -0.25) is 4.79 Å². The van der Waals surface area contributed by atoms with Crippen LogP contribution in [0.3, 0.4) is 0 Å². The minimum Gasteiger partial charge on any atom is -0.488 e. The monoisotopic (exact) mass is 442 g/mol. The van der Waals surface area contributed by atoms with Gasteiger partial charge in [-0.05, 0) is 58.6 Å². The average Bonchev–Trinajstić information content (AvgIpc) is 3.19. The van der Waals surface area contributed by atoms with Gasteiger partial charge in [0.25, 0.3) is 5.91 Å². The lowest BCUT2D eigenvalue weighted by atomic mass is 10.1. The lowest BCUT2D eigenvalue weighted by Crippen LogP contribution is -2.33. The summed E-state index contributed by atoms with van der Waals surface area (Å²) >= 11 is 3.43. The number of amides is 1. The highest BCUT2D eigenvalue weighted by molar-refractivity contribution is 9.10. The molecule has 4 nitrogen and oxygen atoms in total. The Morgan fingerprint density at radius 1 is 1.29 bits per heavy atom. The standard InChI is InChI=1S/C22H20BrFN2O2/c23-19-12-15(11-17(13-25)22(27)26-18-6-2-3-7-18)9-10-21(19)28-14-16-5-1-4-8-20(16)24/h1,4-5,8-12,18H,2-3,6-7,14H2,(H,26,27)/b17-11-. The van der Waals surface area contributed by atoms with Gasteiger partial charge in [0, 0.05) is 11.6 Å². The molecule has 0 aliphatic heterocycles. The summed E-state index contributed by atoms with van der Waals surface area (Å²) in [7, 11) is 0. The van der Waals surface area contributed by atoms with Crippen molar-refractivity contribution in [3.05, 3.63) is 69.5 Å². The Morgan fingerprint density at radius 3 is 2.71 bits per heavy atom. The number of hydrogen-bond acceptors (Lipinski definition) is 3. The third kappa shape index (κ3) is 5.20. The van der Waals surface area contributed by atoms with E-state index < -0.39 is 0 Å². The van der Waals surface area contributed by atoms with Crippen molar-refractivity contribution in [2.75, 3.05) is 0 Å². The zero-order valence-electron chi connectivity index (χ0n) is 15.3. The van der Waals surface area contributed by atoms with Gasteiger partial charge < -0.3 is 10.1 Å². The maximum Gasteiger partial charge on any atom is 0.262 e. The maximum atomic E-state index is 13.7. The molecule has 0 aromatic heterocycles. The van der Waals surface area contributed by atoms with Gasteiger partial charge in [-0.2, -0.15) is 5.26 Å². The summed E-state index contributed by atoms with van der Waals surface area (Å²) < 4.78 is 20.0. The molecule has 0 radical (unpaired) electrons. The molecule has 6 heteroatoms. The zero-order chi connectivity index (χ0) is 19.9. The first-order chi connectivity index (χ1) is 13.6. The van der Waals surface area contributed by atoms with E-state index in [1.165, 1.54) is 6.07 Å². The molecule has 1 saturated carbocycles. The number of rotatable bonds is 6. The second-order valence-corrected chi connectivity index (χ2v) is 7.55. The van der Waals surface area contributed by atoms with Gasteiger partial charge in [-0.25, -0.2) is 4.39 Å². The van der Waals surface area contributed by atoms with Crippen LogP contribution in [0.1, 0.15) is 36.8 Å². The van der Waals surface area contributed by atoms with Crippen molar-refractivity contribution in [2.45, 2.75) is 38.3 Å². The van der Waals surface area contributed by atoms with Crippen LogP contribution in [0, 0.1) is 17.1 Å². The quantitative estimate of drug-likeness (QED) is 0.497. The van der Waals surface area contributed by atoms with E-state index in [0.717, 1.165) is 25.7 Å².